The normalized spacial score (nSPS) is 17.4. The SMILES string of the molecule is Nc1cccc(F)c1-c1nc(C2CCCCCCC2)no1. The van der Waals surface area contributed by atoms with Gasteiger partial charge in [0.1, 0.15) is 5.82 Å². The molecule has 21 heavy (non-hydrogen) atoms. The van der Waals surface area contributed by atoms with Crippen LogP contribution in [0.15, 0.2) is 22.7 Å². The molecule has 1 heterocycles. The van der Waals surface area contributed by atoms with Crippen LogP contribution in [0.1, 0.15) is 56.7 Å². The summed E-state index contributed by atoms with van der Waals surface area (Å²) >= 11 is 0. The predicted molar refractivity (Wildman–Crippen MR) is 79.2 cm³/mol. The zero-order valence-electron chi connectivity index (χ0n) is 12.0. The van der Waals surface area contributed by atoms with Crippen molar-refractivity contribution in [2.45, 2.75) is 50.9 Å². The first-order valence-corrected chi connectivity index (χ1v) is 7.63. The Balaban J connectivity index is 1.85. The van der Waals surface area contributed by atoms with Crippen LogP contribution in [0.25, 0.3) is 11.5 Å². The molecule has 1 saturated carbocycles. The third kappa shape index (κ3) is 3.06. The lowest BCUT2D eigenvalue weighted by Crippen LogP contribution is -2.04. The molecule has 1 fully saturated rings. The van der Waals surface area contributed by atoms with E-state index < -0.39 is 5.82 Å². The van der Waals surface area contributed by atoms with Crippen LogP contribution in [-0.4, -0.2) is 10.1 Å². The third-order valence-corrected chi connectivity index (χ3v) is 4.17. The van der Waals surface area contributed by atoms with E-state index in [-0.39, 0.29) is 11.5 Å². The van der Waals surface area contributed by atoms with Gasteiger partial charge in [-0.2, -0.15) is 4.98 Å². The van der Waals surface area contributed by atoms with Gasteiger partial charge in [0.15, 0.2) is 5.82 Å². The molecule has 112 valence electrons. The van der Waals surface area contributed by atoms with Crippen molar-refractivity contribution in [2.24, 2.45) is 0 Å². The topological polar surface area (TPSA) is 64.9 Å². The molecule has 0 aliphatic heterocycles. The van der Waals surface area contributed by atoms with Crippen molar-refractivity contribution in [2.75, 3.05) is 5.73 Å². The lowest BCUT2D eigenvalue weighted by atomic mass is 9.91. The Hall–Kier alpha value is -1.91. The first-order valence-electron chi connectivity index (χ1n) is 7.63. The number of nitrogens with two attached hydrogens (primary N) is 1. The second-order valence-corrected chi connectivity index (χ2v) is 5.70. The van der Waals surface area contributed by atoms with E-state index in [1.165, 1.54) is 38.2 Å². The quantitative estimate of drug-likeness (QED) is 0.838. The van der Waals surface area contributed by atoms with Crippen molar-refractivity contribution in [1.82, 2.24) is 10.1 Å². The average Bonchev–Trinajstić information content (AvgIpc) is 2.87. The lowest BCUT2D eigenvalue weighted by molar-refractivity contribution is 0.392. The molecular weight excluding hydrogens is 269 g/mol. The maximum absolute atomic E-state index is 13.9. The lowest BCUT2D eigenvalue weighted by Gasteiger charge is -2.15. The Morgan fingerprint density at radius 1 is 1.10 bits per heavy atom. The van der Waals surface area contributed by atoms with E-state index in [4.69, 9.17) is 10.3 Å². The number of nitrogen functional groups attached to an aromatic ring is 1. The van der Waals surface area contributed by atoms with Gasteiger partial charge >= 0.3 is 0 Å². The molecular formula is C16H20FN3O. The molecule has 0 radical (unpaired) electrons. The van der Waals surface area contributed by atoms with Crippen LogP contribution >= 0.6 is 0 Å². The highest BCUT2D eigenvalue weighted by atomic mass is 19.1. The maximum Gasteiger partial charge on any atom is 0.263 e. The standard InChI is InChI=1S/C16H20FN3O/c17-12-9-6-10-13(18)14(12)16-19-15(20-21-16)11-7-4-2-1-3-5-8-11/h6,9-11H,1-5,7-8,18H2. The fourth-order valence-corrected chi connectivity index (χ4v) is 2.98. The maximum atomic E-state index is 13.9. The Morgan fingerprint density at radius 3 is 2.52 bits per heavy atom. The van der Waals surface area contributed by atoms with Crippen molar-refractivity contribution < 1.29 is 8.91 Å². The minimum absolute atomic E-state index is 0.183. The summed E-state index contributed by atoms with van der Waals surface area (Å²) in [5.41, 5.74) is 6.35. The van der Waals surface area contributed by atoms with Crippen LogP contribution < -0.4 is 5.73 Å². The van der Waals surface area contributed by atoms with Crippen LogP contribution in [-0.2, 0) is 0 Å². The summed E-state index contributed by atoms with van der Waals surface area (Å²) in [6.45, 7) is 0. The number of benzene rings is 1. The zero-order valence-corrected chi connectivity index (χ0v) is 12.0. The van der Waals surface area contributed by atoms with Gasteiger partial charge in [-0.05, 0) is 25.0 Å². The van der Waals surface area contributed by atoms with Crippen molar-refractivity contribution in [1.29, 1.82) is 0 Å². The van der Waals surface area contributed by atoms with Gasteiger partial charge in [0.2, 0.25) is 0 Å². The molecule has 0 atom stereocenters. The summed E-state index contributed by atoms with van der Waals surface area (Å²) < 4.78 is 19.2. The minimum atomic E-state index is -0.428. The number of anilines is 1. The fraction of sp³-hybridized carbons (Fsp3) is 0.500. The summed E-state index contributed by atoms with van der Waals surface area (Å²) in [5.74, 6) is 0.760. The van der Waals surface area contributed by atoms with Crippen LogP contribution in [0.4, 0.5) is 10.1 Å². The summed E-state index contributed by atoms with van der Waals surface area (Å²) in [7, 11) is 0. The van der Waals surface area contributed by atoms with Gasteiger partial charge in [-0.15, -0.1) is 0 Å². The summed E-state index contributed by atoms with van der Waals surface area (Å²) in [5, 5.41) is 4.06. The van der Waals surface area contributed by atoms with Gasteiger partial charge in [0.25, 0.3) is 5.89 Å². The highest BCUT2D eigenvalue weighted by Gasteiger charge is 2.22. The van der Waals surface area contributed by atoms with Crippen molar-refractivity contribution in [3.05, 3.63) is 29.8 Å². The monoisotopic (exact) mass is 289 g/mol. The molecule has 0 unspecified atom stereocenters. The first-order chi connectivity index (χ1) is 10.3. The molecule has 3 rings (SSSR count). The highest BCUT2D eigenvalue weighted by Crippen LogP contribution is 2.32. The average molecular weight is 289 g/mol. The van der Waals surface area contributed by atoms with Gasteiger partial charge in [0, 0.05) is 11.6 Å². The van der Waals surface area contributed by atoms with Crippen LogP contribution in [0, 0.1) is 5.82 Å². The molecule has 4 nitrogen and oxygen atoms in total. The summed E-state index contributed by atoms with van der Waals surface area (Å²) in [4.78, 5) is 4.40. The molecule has 1 aliphatic carbocycles. The molecule has 0 bridgehead atoms. The zero-order chi connectivity index (χ0) is 14.7. The van der Waals surface area contributed by atoms with Crippen LogP contribution in [0.5, 0.6) is 0 Å². The largest absolute Gasteiger partial charge is 0.398 e. The predicted octanol–water partition coefficient (Wildman–Crippen LogP) is 4.29. The van der Waals surface area contributed by atoms with E-state index in [2.05, 4.69) is 10.1 Å². The van der Waals surface area contributed by atoms with E-state index in [0.717, 1.165) is 12.8 Å². The fourth-order valence-electron chi connectivity index (χ4n) is 2.98. The molecule has 1 aromatic carbocycles. The van der Waals surface area contributed by atoms with Gasteiger partial charge in [-0.3, -0.25) is 0 Å². The molecule has 2 N–H and O–H groups in total. The molecule has 1 aromatic heterocycles. The number of aromatic nitrogens is 2. The van der Waals surface area contributed by atoms with E-state index in [1.54, 1.807) is 12.1 Å². The third-order valence-electron chi connectivity index (χ3n) is 4.17. The molecule has 0 amide bonds. The first kappa shape index (κ1) is 14.0. The molecule has 2 aromatic rings. The molecule has 1 aliphatic rings. The minimum Gasteiger partial charge on any atom is -0.398 e. The Bertz CT molecular complexity index is 583. The van der Waals surface area contributed by atoms with Gasteiger partial charge < -0.3 is 10.3 Å². The Morgan fingerprint density at radius 2 is 1.81 bits per heavy atom. The van der Waals surface area contributed by atoms with E-state index in [9.17, 15) is 4.39 Å². The number of nitrogens with zero attached hydrogens (tertiary/aromatic N) is 2. The van der Waals surface area contributed by atoms with E-state index >= 15 is 0 Å². The molecule has 5 heteroatoms. The van der Waals surface area contributed by atoms with Gasteiger partial charge in [-0.25, -0.2) is 4.39 Å². The number of hydrogen-bond donors (Lipinski definition) is 1. The summed E-state index contributed by atoms with van der Waals surface area (Å²) in [6, 6.07) is 4.56. The highest BCUT2D eigenvalue weighted by molar-refractivity contribution is 5.70. The molecule has 0 saturated heterocycles. The Labute approximate surface area is 123 Å². The number of halogens is 1. The van der Waals surface area contributed by atoms with Gasteiger partial charge in [-0.1, -0.05) is 43.3 Å². The second kappa shape index (κ2) is 6.24. The van der Waals surface area contributed by atoms with Gasteiger partial charge in [0.05, 0.1) is 5.56 Å². The van der Waals surface area contributed by atoms with Crippen molar-refractivity contribution in [3.8, 4) is 11.5 Å². The van der Waals surface area contributed by atoms with Crippen LogP contribution in [0.3, 0.4) is 0 Å². The number of hydrogen-bond acceptors (Lipinski definition) is 4. The second-order valence-electron chi connectivity index (χ2n) is 5.70. The van der Waals surface area contributed by atoms with Crippen LogP contribution in [0.2, 0.25) is 0 Å². The van der Waals surface area contributed by atoms with E-state index in [1.807, 2.05) is 0 Å². The summed E-state index contributed by atoms with van der Waals surface area (Å²) in [6.07, 6.45) is 8.38. The smallest absolute Gasteiger partial charge is 0.263 e. The van der Waals surface area contributed by atoms with E-state index in [0.29, 0.717) is 17.4 Å². The van der Waals surface area contributed by atoms with Crippen molar-refractivity contribution >= 4 is 5.69 Å². The number of rotatable bonds is 2. The molecule has 0 spiro atoms. The Kier molecular flexibility index (Phi) is 4.18. The van der Waals surface area contributed by atoms with Crippen molar-refractivity contribution in [3.63, 3.8) is 0 Å².